The van der Waals surface area contributed by atoms with E-state index in [1.807, 2.05) is 0 Å². The molecule has 1 amide bonds. The standard InChI is InChI=1S/C22H36N2O6/c1-28-18-7-5-4-6-15(18)17-13-16(23-24(17)21(25)10-11-22(26)27)14-8-9-19(29-2)20(12-14)30-3/h14-15,17-20H,4-13H2,1-3H3,(H,26,27). The van der Waals surface area contributed by atoms with Crippen molar-refractivity contribution in [1.29, 1.82) is 0 Å². The highest BCUT2D eigenvalue weighted by Gasteiger charge is 2.44. The highest BCUT2D eigenvalue weighted by Crippen LogP contribution is 2.39. The van der Waals surface area contributed by atoms with Crippen molar-refractivity contribution in [2.24, 2.45) is 16.9 Å². The Balaban J connectivity index is 1.78. The summed E-state index contributed by atoms with van der Waals surface area (Å²) in [5, 5.41) is 15.4. The van der Waals surface area contributed by atoms with Gasteiger partial charge in [-0.25, -0.2) is 5.01 Å². The summed E-state index contributed by atoms with van der Waals surface area (Å²) in [5.41, 5.74) is 1.04. The van der Waals surface area contributed by atoms with Crippen molar-refractivity contribution in [3.8, 4) is 0 Å². The summed E-state index contributed by atoms with van der Waals surface area (Å²) >= 11 is 0. The van der Waals surface area contributed by atoms with Crippen LogP contribution in [0.5, 0.6) is 0 Å². The molecule has 0 spiro atoms. The lowest BCUT2D eigenvalue weighted by atomic mass is 9.76. The van der Waals surface area contributed by atoms with E-state index in [1.165, 1.54) is 0 Å². The normalized spacial score (nSPS) is 34.6. The molecule has 0 aromatic carbocycles. The molecule has 2 saturated carbocycles. The number of carboxylic acid groups (broad SMARTS) is 1. The lowest BCUT2D eigenvalue weighted by Gasteiger charge is -2.37. The van der Waals surface area contributed by atoms with Gasteiger partial charge in [0.15, 0.2) is 0 Å². The molecule has 30 heavy (non-hydrogen) atoms. The molecule has 3 rings (SSSR count). The van der Waals surface area contributed by atoms with Gasteiger partial charge in [-0.1, -0.05) is 12.8 Å². The van der Waals surface area contributed by atoms with Crippen molar-refractivity contribution in [1.82, 2.24) is 5.01 Å². The Morgan fingerprint density at radius 3 is 2.33 bits per heavy atom. The van der Waals surface area contributed by atoms with Crippen molar-refractivity contribution in [2.45, 2.75) is 88.6 Å². The summed E-state index contributed by atoms with van der Waals surface area (Å²) in [7, 11) is 5.17. The van der Waals surface area contributed by atoms with Crippen molar-refractivity contribution in [3.63, 3.8) is 0 Å². The molecule has 6 atom stereocenters. The summed E-state index contributed by atoms with van der Waals surface area (Å²) < 4.78 is 17.0. The monoisotopic (exact) mass is 424 g/mol. The molecular formula is C22H36N2O6. The van der Waals surface area contributed by atoms with Gasteiger partial charge in [0, 0.05) is 51.7 Å². The number of hydrogen-bond donors (Lipinski definition) is 1. The van der Waals surface area contributed by atoms with Gasteiger partial charge in [0.05, 0.1) is 30.8 Å². The molecule has 170 valence electrons. The van der Waals surface area contributed by atoms with E-state index in [0.29, 0.717) is 0 Å². The van der Waals surface area contributed by atoms with Gasteiger partial charge in [0.2, 0.25) is 5.91 Å². The number of nitrogens with zero attached hydrogens (tertiary/aromatic N) is 2. The second-order valence-electron chi connectivity index (χ2n) is 8.78. The van der Waals surface area contributed by atoms with E-state index in [9.17, 15) is 9.59 Å². The van der Waals surface area contributed by atoms with Crippen molar-refractivity contribution < 1.29 is 28.9 Å². The first-order chi connectivity index (χ1) is 14.5. The fraction of sp³-hybridized carbons (Fsp3) is 0.864. The predicted molar refractivity (Wildman–Crippen MR) is 111 cm³/mol. The van der Waals surface area contributed by atoms with Crippen LogP contribution < -0.4 is 0 Å². The third-order valence-corrected chi connectivity index (χ3v) is 7.14. The van der Waals surface area contributed by atoms with Crippen molar-refractivity contribution in [2.75, 3.05) is 21.3 Å². The molecular weight excluding hydrogens is 388 g/mol. The molecule has 2 fully saturated rings. The number of hydrogen-bond acceptors (Lipinski definition) is 6. The Morgan fingerprint density at radius 2 is 1.67 bits per heavy atom. The van der Waals surface area contributed by atoms with Crippen LogP contribution in [0.2, 0.25) is 0 Å². The van der Waals surface area contributed by atoms with Gasteiger partial charge in [-0.3, -0.25) is 9.59 Å². The molecule has 0 saturated heterocycles. The molecule has 3 aliphatic rings. The maximum Gasteiger partial charge on any atom is 0.303 e. The van der Waals surface area contributed by atoms with Crippen molar-refractivity contribution >= 4 is 17.6 Å². The van der Waals surface area contributed by atoms with E-state index in [0.717, 1.165) is 57.1 Å². The summed E-state index contributed by atoms with van der Waals surface area (Å²) in [4.78, 5) is 23.9. The molecule has 2 aliphatic carbocycles. The Labute approximate surface area is 178 Å². The first-order valence-corrected chi connectivity index (χ1v) is 11.2. The lowest BCUT2D eigenvalue weighted by molar-refractivity contribution is -0.142. The molecule has 0 bridgehead atoms. The van der Waals surface area contributed by atoms with Gasteiger partial charge in [0.25, 0.3) is 0 Å². The third kappa shape index (κ3) is 5.21. The molecule has 0 aromatic heterocycles. The zero-order valence-corrected chi connectivity index (χ0v) is 18.4. The average Bonchev–Trinajstić information content (AvgIpc) is 3.22. The number of aliphatic carboxylic acids is 1. The lowest BCUT2D eigenvalue weighted by Crippen LogP contribution is -2.45. The number of rotatable bonds is 8. The van der Waals surface area contributed by atoms with Crippen LogP contribution in [-0.4, -0.2) is 73.4 Å². The molecule has 8 nitrogen and oxygen atoms in total. The van der Waals surface area contributed by atoms with Crippen LogP contribution in [0.15, 0.2) is 5.10 Å². The fourth-order valence-corrected chi connectivity index (χ4v) is 5.48. The van der Waals surface area contributed by atoms with E-state index in [1.54, 1.807) is 26.3 Å². The minimum absolute atomic E-state index is 0.0214. The summed E-state index contributed by atoms with van der Waals surface area (Å²) in [6, 6.07) is -0.0484. The second-order valence-corrected chi connectivity index (χ2v) is 8.78. The van der Waals surface area contributed by atoms with Crippen LogP contribution in [0.1, 0.15) is 64.2 Å². The largest absolute Gasteiger partial charge is 0.481 e. The van der Waals surface area contributed by atoms with Gasteiger partial charge >= 0.3 is 5.97 Å². The predicted octanol–water partition coefficient (Wildman–Crippen LogP) is 2.84. The van der Waals surface area contributed by atoms with Gasteiger partial charge < -0.3 is 19.3 Å². The highest BCUT2D eigenvalue weighted by atomic mass is 16.5. The zero-order valence-electron chi connectivity index (χ0n) is 18.4. The van der Waals surface area contributed by atoms with E-state index in [2.05, 4.69) is 0 Å². The number of carbonyl (C=O) groups excluding carboxylic acids is 1. The first kappa shape index (κ1) is 23.2. The summed E-state index contributed by atoms with van der Waals surface area (Å²) in [5.74, 6) is -0.679. The summed E-state index contributed by atoms with van der Waals surface area (Å²) in [6.45, 7) is 0. The molecule has 0 aromatic rings. The number of methoxy groups -OCH3 is 3. The smallest absolute Gasteiger partial charge is 0.303 e. The zero-order chi connectivity index (χ0) is 21.7. The van der Waals surface area contributed by atoms with E-state index in [-0.39, 0.29) is 54.9 Å². The number of ether oxygens (including phenoxy) is 3. The third-order valence-electron chi connectivity index (χ3n) is 7.14. The number of amides is 1. The number of carboxylic acids is 1. The Bertz CT molecular complexity index is 639. The van der Waals surface area contributed by atoms with Crippen LogP contribution in [0.3, 0.4) is 0 Å². The minimum atomic E-state index is -0.962. The summed E-state index contributed by atoms with van der Waals surface area (Å²) in [6.07, 6.45) is 7.72. The van der Waals surface area contributed by atoms with Crippen molar-refractivity contribution in [3.05, 3.63) is 0 Å². The first-order valence-electron chi connectivity index (χ1n) is 11.2. The number of hydrazone groups is 1. The van der Waals surface area contributed by atoms with Gasteiger partial charge in [-0.2, -0.15) is 5.10 Å². The number of carbonyl (C=O) groups is 2. The Morgan fingerprint density at radius 1 is 0.967 bits per heavy atom. The SMILES string of the molecule is COC1CCC(C2=NN(C(=O)CCC(=O)O)C(C3CCCCC3OC)C2)CC1OC. The molecule has 8 heteroatoms. The molecule has 6 unspecified atom stereocenters. The maximum absolute atomic E-state index is 12.9. The minimum Gasteiger partial charge on any atom is -0.481 e. The van der Waals surface area contributed by atoms with Gasteiger partial charge in [-0.05, 0) is 32.1 Å². The Kier molecular flexibility index (Phi) is 8.25. The van der Waals surface area contributed by atoms with E-state index in [4.69, 9.17) is 24.4 Å². The van der Waals surface area contributed by atoms with E-state index >= 15 is 0 Å². The van der Waals surface area contributed by atoms with Crippen LogP contribution in [0, 0.1) is 11.8 Å². The van der Waals surface area contributed by atoms with Crippen LogP contribution in [0.4, 0.5) is 0 Å². The molecule has 1 heterocycles. The molecule has 1 aliphatic heterocycles. The highest BCUT2D eigenvalue weighted by molar-refractivity contribution is 5.92. The van der Waals surface area contributed by atoms with Gasteiger partial charge in [0.1, 0.15) is 0 Å². The van der Waals surface area contributed by atoms with Crippen LogP contribution in [-0.2, 0) is 23.8 Å². The van der Waals surface area contributed by atoms with Crippen LogP contribution in [0.25, 0.3) is 0 Å². The van der Waals surface area contributed by atoms with E-state index < -0.39 is 5.97 Å². The topological polar surface area (TPSA) is 97.7 Å². The molecule has 0 radical (unpaired) electrons. The Hall–Kier alpha value is -1.51. The second kappa shape index (κ2) is 10.7. The average molecular weight is 425 g/mol. The maximum atomic E-state index is 12.9. The van der Waals surface area contributed by atoms with Gasteiger partial charge in [-0.15, -0.1) is 0 Å². The fourth-order valence-electron chi connectivity index (χ4n) is 5.48. The quantitative estimate of drug-likeness (QED) is 0.643. The molecule has 1 N–H and O–H groups in total. The van der Waals surface area contributed by atoms with Crippen LogP contribution >= 0.6 is 0 Å².